The van der Waals surface area contributed by atoms with E-state index in [-0.39, 0.29) is 17.8 Å². The van der Waals surface area contributed by atoms with Gasteiger partial charge in [0.05, 0.1) is 11.3 Å². The number of carboxylic acids is 2. The largest absolute Gasteiger partial charge is 0.481 e. The zero-order chi connectivity index (χ0) is 13.2. The van der Waals surface area contributed by atoms with Crippen molar-refractivity contribution >= 4 is 11.9 Å². The lowest BCUT2D eigenvalue weighted by Crippen LogP contribution is -2.46. The Morgan fingerprint density at radius 2 is 1.94 bits per heavy atom. The first-order chi connectivity index (χ1) is 7.85. The van der Waals surface area contributed by atoms with E-state index in [2.05, 4.69) is 0 Å². The summed E-state index contributed by atoms with van der Waals surface area (Å²) in [5, 5.41) is 18.6. The molecule has 17 heavy (non-hydrogen) atoms. The van der Waals surface area contributed by atoms with E-state index in [0.29, 0.717) is 25.7 Å². The van der Waals surface area contributed by atoms with Crippen LogP contribution in [0, 0.1) is 23.2 Å². The molecular formula is C13H22O4. The first-order valence-electron chi connectivity index (χ1n) is 6.31. The molecule has 0 heterocycles. The second kappa shape index (κ2) is 5.07. The summed E-state index contributed by atoms with van der Waals surface area (Å²) >= 11 is 0. The maximum absolute atomic E-state index is 11.6. The average Bonchev–Trinajstić information content (AvgIpc) is 2.27. The van der Waals surface area contributed by atoms with E-state index < -0.39 is 17.4 Å². The van der Waals surface area contributed by atoms with Crippen LogP contribution in [-0.2, 0) is 9.59 Å². The van der Waals surface area contributed by atoms with Gasteiger partial charge < -0.3 is 10.2 Å². The van der Waals surface area contributed by atoms with E-state index in [1.165, 1.54) is 0 Å². The summed E-state index contributed by atoms with van der Waals surface area (Å²) in [4.78, 5) is 22.6. The first kappa shape index (κ1) is 14.0. The molecule has 4 heteroatoms. The fourth-order valence-electron chi connectivity index (χ4n) is 3.26. The topological polar surface area (TPSA) is 74.6 Å². The molecule has 1 fully saturated rings. The average molecular weight is 242 g/mol. The van der Waals surface area contributed by atoms with Crippen LogP contribution in [0.1, 0.15) is 46.5 Å². The van der Waals surface area contributed by atoms with Gasteiger partial charge in [-0.1, -0.05) is 20.8 Å². The molecule has 0 aromatic carbocycles. The van der Waals surface area contributed by atoms with Gasteiger partial charge in [-0.25, -0.2) is 0 Å². The lowest BCUT2D eigenvalue weighted by molar-refractivity contribution is -0.162. The summed E-state index contributed by atoms with van der Waals surface area (Å²) in [6.45, 7) is 5.87. The predicted molar refractivity (Wildman–Crippen MR) is 63.7 cm³/mol. The molecule has 1 aliphatic carbocycles. The highest BCUT2D eigenvalue weighted by Gasteiger charge is 2.50. The maximum Gasteiger partial charge on any atom is 0.309 e. The molecule has 3 atom stereocenters. The highest BCUT2D eigenvalue weighted by Crippen LogP contribution is 2.49. The standard InChI is InChI=1S/C13H22O4/c1-4-13(12(16)17)6-5-9(11(14)15)7-10(13)8(2)3/h8-10H,4-7H2,1-3H3,(H,14,15)(H,16,17). The monoisotopic (exact) mass is 242 g/mol. The molecule has 0 aliphatic heterocycles. The Hall–Kier alpha value is -1.06. The van der Waals surface area contributed by atoms with Crippen molar-refractivity contribution in [2.24, 2.45) is 23.2 Å². The molecule has 0 spiro atoms. The van der Waals surface area contributed by atoms with Gasteiger partial charge >= 0.3 is 11.9 Å². The Kier molecular flexibility index (Phi) is 4.17. The molecular weight excluding hydrogens is 220 g/mol. The molecule has 1 saturated carbocycles. The Balaban J connectivity index is 3.00. The van der Waals surface area contributed by atoms with Crippen LogP contribution in [0.15, 0.2) is 0 Å². The molecule has 0 saturated heterocycles. The molecule has 2 N–H and O–H groups in total. The molecule has 0 aromatic heterocycles. The molecule has 4 nitrogen and oxygen atoms in total. The third kappa shape index (κ3) is 2.45. The Labute approximate surface area is 102 Å². The minimum atomic E-state index is -0.786. The van der Waals surface area contributed by atoms with Crippen LogP contribution in [0.2, 0.25) is 0 Å². The van der Waals surface area contributed by atoms with Gasteiger partial charge in [0.1, 0.15) is 0 Å². The van der Waals surface area contributed by atoms with Gasteiger partial charge in [-0.05, 0) is 37.5 Å². The number of hydrogen-bond acceptors (Lipinski definition) is 2. The van der Waals surface area contributed by atoms with Crippen molar-refractivity contribution < 1.29 is 19.8 Å². The fraction of sp³-hybridized carbons (Fsp3) is 0.846. The van der Waals surface area contributed by atoms with Gasteiger partial charge in [0.15, 0.2) is 0 Å². The molecule has 0 radical (unpaired) electrons. The number of hydrogen-bond donors (Lipinski definition) is 2. The van der Waals surface area contributed by atoms with Crippen LogP contribution >= 0.6 is 0 Å². The molecule has 1 rings (SSSR count). The lowest BCUT2D eigenvalue weighted by atomic mass is 9.58. The number of aliphatic carboxylic acids is 2. The zero-order valence-corrected chi connectivity index (χ0v) is 10.8. The van der Waals surface area contributed by atoms with E-state index in [4.69, 9.17) is 5.11 Å². The SMILES string of the molecule is CCC1(C(=O)O)CCC(C(=O)O)CC1C(C)C. The quantitative estimate of drug-likeness (QED) is 0.794. The summed E-state index contributed by atoms with van der Waals surface area (Å²) < 4.78 is 0. The number of rotatable bonds is 4. The maximum atomic E-state index is 11.6. The van der Waals surface area contributed by atoms with E-state index in [9.17, 15) is 14.7 Å². The van der Waals surface area contributed by atoms with Crippen molar-refractivity contribution in [3.05, 3.63) is 0 Å². The van der Waals surface area contributed by atoms with Crippen molar-refractivity contribution in [1.29, 1.82) is 0 Å². The Morgan fingerprint density at radius 3 is 2.29 bits per heavy atom. The van der Waals surface area contributed by atoms with E-state index >= 15 is 0 Å². The fourth-order valence-corrected chi connectivity index (χ4v) is 3.26. The molecule has 3 unspecified atom stereocenters. The predicted octanol–water partition coefficient (Wildman–Crippen LogP) is 2.62. The Morgan fingerprint density at radius 1 is 1.35 bits per heavy atom. The molecule has 1 aliphatic rings. The van der Waals surface area contributed by atoms with Gasteiger partial charge in [0, 0.05) is 0 Å². The third-order valence-electron chi connectivity index (χ3n) is 4.40. The van der Waals surface area contributed by atoms with Gasteiger partial charge in [0.25, 0.3) is 0 Å². The van der Waals surface area contributed by atoms with Crippen LogP contribution in [0.4, 0.5) is 0 Å². The van der Waals surface area contributed by atoms with E-state index in [1.54, 1.807) is 0 Å². The van der Waals surface area contributed by atoms with Crippen LogP contribution in [0.5, 0.6) is 0 Å². The van der Waals surface area contributed by atoms with Crippen LogP contribution in [0.3, 0.4) is 0 Å². The van der Waals surface area contributed by atoms with Crippen LogP contribution in [0.25, 0.3) is 0 Å². The summed E-state index contributed by atoms with van der Waals surface area (Å²) in [6, 6.07) is 0. The molecule has 0 amide bonds. The summed E-state index contributed by atoms with van der Waals surface area (Å²) in [7, 11) is 0. The van der Waals surface area contributed by atoms with Gasteiger partial charge in [-0.15, -0.1) is 0 Å². The van der Waals surface area contributed by atoms with Crippen molar-refractivity contribution in [3.63, 3.8) is 0 Å². The van der Waals surface area contributed by atoms with Crippen LogP contribution < -0.4 is 0 Å². The minimum Gasteiger partial charge on any atom is -0.481 e. The van der Waals surface area contributed by atoms with Crippen molar-refractivity contribution in [2.75, 3.05) is 0 Å². The van der Waals surface area contributed by atoms with Crippen molar-refractivity contribution in [3.8, 4) is 0 Å². The molecule has 98 valence electrons. The highest BCUT2D eigenvalue weighted by molar-refractivity contribution is 5.76. The summed E-state index contributed by atoms with van der Waals surface area (Å²) in [5.41, 5.74) is -0.722. The Bertz CT molecular complexity index is 311. The van der Waals surface area contributed by atoms with E-state index in [1.807, 2.05) is 20.8 Å². The minimum absolute atomic E-state index is 0.0418. The lowest BCUT2D eigenvalue weighted by Gasteiger charge is -2.44. The highest BCUT2D eigenvalue weighted by atomic mass is 16.4. The van der Waals surface area contributed by atoms with Crippen molar-refractivity contribution in [1.82, 2.24) is 0 Å². The van der Waals surface area contributed by atoms with Gasteiger partial charge in [-0.2, -0.15) is 0 Å². The molecule has 0 bridgehead atoms. The summed E-state index contributed by atoms with van der Waals surface area (Å²) in [6.07, 6.45) is 2.04. The third-order valence-corrected chi connectivity index (χ3v) is 4.40. The first-order valence-corrected chi connectivity index (χ1v) is 6.31. The second-order valence-corrected chi connectivity index (χ2v) is 5.47. The van der Waals surface area contributed by atoms with E-state index in [0.717, 1.165) is 0 Å². The zero-order valence-electron chi connectivity index (χ0n) is 10.8. The smallest absolute Gasteiger partial charge is 0.309 e. The van der Waals surface area contributed by atoms with Gasteiger partial charge in [-0.3, -0.25) is 9.59 Å². The van der Waals surface area contributed by atoms with Crippen LogP contribution in [-0.4, -0.2) is 22.2 Å². The van der Waals surface area contributed by atoms with Crippen molar-refractivity contribution in [2.45, 2.75) is 46.5 Å². The summed E-state index contributed by atoms with van der Waals surface area (Å²) in [5.74, 6) is -1.76. The molecule has 0 aromatic rings. The number of carbonyl (C=O) groups is 2. The second-order valence-electron chi connectivity index (χ2n) is 5.47. The normalized spacial score (nSPS) is 33.6. The van der Waals surface area contributed by atoms with Gasteiger partial charge in [0.2, 0.25) is 0 Å². The number of carboxylic acid groups (broad SMARTS) is 2.